The van der Waals surface area contributed by atoms with E-state index in [0.717, 1.165) is 6.42 Å². The summed E-state index contributed by atoms with van der Waals surface area (Å²) in [5, 5.41) is -1.63. The lowest BCUT2D eigenvalue weighted by Gasteiger charge is -2.01. The highest BCUT2D eigenvalue weighted by Crippen LogP contribution is 2.21. The highest BCUT2D eigenvalue weighted by atomic mass is 79.9. The molecule has 0 aliphatic carbocycles. The van der Waals surface area contributed by atoms with Crippen molar-refractivity contribution in [3.05, 3.63) is 11.4 Å². The molecule has 1 unspecified atom stereocenters. The molecule has 0 N–H and O–H groups in total. The fourth-order valence-electron chi connectivity index (χ4n) is 0.681. The summed E-state index contributed by atoms with van der Waals surface area (Å²) in [4.78, 5) is 0. The molecular formula is C7H11BrF2. The minimum absolute atomic E-state index is 0.492. The Labute approximate surface area is 68.4 Å². The third kappa shape index (κ3) is 3.30. The first kappa shape index (κ1) is 10.1. The quantitative estimate of drug-likeness (QED) is 0.626. The molecule has 1 atom stereocenters. The topological polar surface area (TPSA) is 0 Å². The van der Waals surface area contributed by atoms with E-state index in [1.165, 1.54) is 0 Å². The van der Waals surface area contributed by atoms with Gasteiger partial charge in [-0.1, -0.05) is 13.3 Å². The molecule has 0 spiro atoms. The first-order chi connectivity index (χ1) is 4.59. The standard InChI is InChI=1S/C7H11BrF2/c1-3-4-5(2)6(9)7(8)10/h7H,3-4H2,1-2H3. The highest BCUT2D eigenvalue weighted by Gasteiger charge is 2.10. The lowest BCUT2D eigenvalue weighted by molar-refractivity contribution is 0.424. The van der Waals surface area contributed by atoms with E-state index in [-0.39, 0.29) is 0 Å². The van der Waals surface area contributed by atoms with Gasteiger partial charge in [0.1, 0.15) is 5.83 Å². The van der Waals surface area contributed by atoms with E-state index < -0.39 is 10.9 Å². The molecule has 0 aliphatic heterocycles. The maximum atomic E-state index is 12.6. The smallest absolute Gasteiger partial charge is 0.205 e. The summed E-state index contributed by atoms with van der Waals surface area (Å²) < 4.78 is 24.7. The molecule has 0 saturated carbocycles. The van der Waals surface area contributed by atoms with Crippen LogP contribution in [0, 0.1) is 0 Å². The molecule has 0 nitrogen and oxygen atoms in total. The van der Waals surface area contributed by atoms with Crippen LogP contribution < -0.4 is 0 Å². The SMILES string of the molecule is CCCC(C)=C(F)C(F)Br. The van der Waals surface area contributed by atoms with Gasteiger partial charge in [0.15, 0.2) is 0 Å². The molecule has 0 rings (SSSR count). The van der Waals surface area contributed by atoms with Gasteiger partial charge >= 0.3 is 0 Å². The van der Waals surface area contributed by atoms with Gasteiger partial charge in [0.2, 0.25) is 5.08 Å². The Bertz CT molecular complexity index is 130. The first-order valence-corrected chi connectivity index (χ1v) is 4.14. The van der Waals surface area contributed by atoms with Crippen molar-refractivity contribution in [1.29, 1.82) is 0 Å². The lowest BCUT2D eigenvalue weighted by atomic mass is 10.1. The van der Waals surface area contributed by atoms with E-state index >= 15 is 0 Å². The molecule has 0 aromatic heterocycles. The molecule has 0 radical (unpaired) electrons. The van der Waals surface area contributed by atoms with Crippen molar-refractivity contribution >= 4 is 15.9 Å². The Morgan fingerprint density at radius 1 is 1.60 bits per heavy atom. The molecule has 0 fully saturated rings. The molecule has 0 saturated heterocycles. The molecule has 0 aromatic carbocycles. The predicted molar refractivity (Wildman–Crippen MR) is 42.5 cm³/mol. The van der Waals surface area contributed by atoms with Gasteiger partial charge in [0.05, 0.1) is 0 Å². The summed E-state index contributed by atoms with van der Waals surface area (Å²) in [6, 6.07) is 0. The highest BCUT2D eigenvalue weighted by molar-refractivity contribution is 9.09. The summed E-state index contributed by atoms with van der Waals surface area (Å²) in [6.07, 6.45) is 1.47. The number of allylic oxidation sites excluding steroid dienone is 2. The monoisotopic (exact) mass is 212 g/mol. The van der Waals surface area contributed by atoms with E-state index in [4.69, 9.17) is 0 Å². The Morgan fingerprint density at radius 3 is 2.40 bits per heavy atom. The van der Waals surface area contributed by atoms with Crippen molar-refractivity contribution in [2.45, 2.75) is 31.8 Å². The summed E-state index contributed by atoms with van der Waals surface area (Å²) in [5.74, 6) is -0.679. The second-order valence-corrected chi connectivity index (χ2v) is 2.98. The predicted octanol–water partition coefficient (Wildman–Crippen LogP) is 3.72. The number of hydrogen-bond acceptors (Lipinski definition) is 0. The minimum Gasteiger partial charge on any atom is -0.227 e. The minimum atomic E-state index is -1.63. The zero-order valence-electron chi connectivity index (χ0n) is 6.13. The largest absolute Gasteiger partial charge is 0.227 e. The number of hydrogen-bond donors (Lipinski definition) is 0. The van der Waals surface area contributed by atoms with Gasteiger partial charge in [-0.25, -0.2) is 8.78 Å². The van der Waals surface area contributed by atoms with Crippen LogP contribution in [0.5, 0.6) is 0 Å². The van der Waals surface area contributed by atoms with Crippen LogP contribution in [0.4, 0.5) is 8.78 Å². The Morgan fingerprint density at radius 2 is 2.10 bits per heavy atom. The van der Waals surface area contributed by atoms with E-state index in [0.29, 0.717) is 12.0 Å². The normalized spacial score (nSPS) is 16.5. The molecule has 0 bridgehead atoms. The van der Waals surface area contributed by atoms with Gasteiger partial charge < -0.3 is 0 Å². The maximum Gasteiger partial charge on any atom is 0.205 e. The van der Waals surface area contributed by atoms with Crippen molar-refractivity contribution in [3.63, 3.8) is 0 Å². The molecule has 0 amide bonds. The van der Waals surface area contributed by atoms with Gasteiger partial charge in [-0.15, -0.1) is 0 Å². The van der Waals surface area contributed by atoms with Gasteiger partial charge in [0, 0.05) is 0 Å². The zero-order valence-corrected chi connectivity index (χ0v) is 7.71. The Kier molecular flexibility index (Phi) is 4.87. The Hall–Kier alpha value is 0.0800. The van der Waals surface area contributed by atoms with Crippen molar-refractivity contribution in [2.75, 3.05) is 0 Å². The third-order valence-electron chi connectivity index (χ3n) is 1.22. The fourth-order valence-corrected chi connectivity index (χ4v) is 1.07. The van der Waals surface area contributed by atoms with Crippen LogP contribution in [0.15, 0.2) is 11.4 Å². The zero-order chi connectivity index (χ0) is 8.15. The van der Waals surface area contributed by atoms with Gasteiger partial charge in [-0.05, 0) is 34.8 Å². The van der Waals surface area contributed by atoms with Crippen LogP contribution in [-0.4, -0.2) is 5.08 Å². The Balaban J connectivity index is 4.05. The first-order valence-electron chi connectivity index (χ1n) is 3.22. The van der Waals surface area contributed by atoms with E-state index in [9.17, 15) is 8.78 Å². The van der Waals surface area contributed by atoms with Crippen LogP contribution in [0.25, 0.3) is 0 Å². The average molecular weight is 213 g/mol. The lowest BCUT2D eigenvalue weighted by Crippen LogP contribution is -1.92. The average Bonchev–Trinajstić information content (AvgIpc) is 1.87. The van der Waals surface area contributed by atoms with E-state index in [1.54, 1.807) is 6.92 Å². The summed E-state index contributed by atoms with van der Waals surface area (Å²) >= 11 is 2.51. The maximum absolute atomic E-state index is 12.6. The van der Waals surface area contributed by atoms with Crippen molar-refractivity contribution in [1.82, 2.24) is 0 Å². The summed E-state index contributed by atoms with van der Waals surface area (Å²) in [6.45, 7) is 3.53. The van der Waals surface area contributed by atoms with Crippen LogP contribution in [0.3, 0.4) is 0 Å². The molecule has 0 aliphatic rings. The van der Waals surface area contributed by atoms with Crippen molar-refractivity contribution in [2.24, 2.45) is 0 Å². The van der Waals surface area contributed by atoms with Crippen LogP contribution in [0.2, 0.25) is 0 Å². The molecular weight excluding hydrogens is 202 g/mol. The van der Waals surface area contributed by atoms with Crippen LogP contribution >= 0.6 is 15.9 Å². The molecule has 3 heteroatoms. The number of halogens is 3. The van der Waals surface area contributed by atoms with E-state index in [1.807, 2.05) is 6.92 Å². The number of alkyl halides is 2. The van der Waals surface area contributed by atoms with Gasteiger partial charge in [-0.2, -0.15) is 0 Å². The molecule has 10 heavy (non-hydrogen) atoms. The molecule has 0 heterocycles. The molecule has 60 valence electrons. The van der Waals surface area contributed by atoms with Crippen molar-refractivity contribution in [3.8, 4) is 0 Å². The van der Waals surface area contributed by atoms with Gasteiger partial charge in [0.25, 0.3) is 0 Å². The summed E-state index contributed by atoms with van der Waals surface area (Å²) in [7, 11) is 0. The number of rotatable bonds is 3. The van der Waals surface area contributed by atoms with Crippen molar-refractivity contribution < 1.29 is 8.78 Å². The second-order valence-electron chi connectivity index (χ2n) is 2.18. The van der Waals surface area contributed by atoms with Crippen LogP contribution in [-0.2, 0) is 0 Å². The van der Waals surface area contributed by atoms with Crippen LogP contribution in [0.1, 0.15) is 26.7 Å². The third-order valence-corrected chi connectivity index (χ3v) is 1.63. The fraction of sp³-hybridized carbons (Fsp3) is 0.714. The summed E-state index contributed by atoms with van der Waals surface area (Å²) in [5.41, 5.74) is 0.492. The molecule has 0 aromatic rings. The van der Waals surface area contributed by atoms with E-state index in [2.05, 4.69) is 15.9 Å². The second kappa shape index (κ2) is 4.83. The van der Waals surface area contributed by atoms with Gasteiger partial charge in [-0.3, -0.25) is 0 Å².